The number of carbonyl (C=O) groups excluding carboxylic acids is 1. The van der Waals surface area contributed by atoms with E-state index in [0.717, 1.165) is 16.9 Å². The van der Waals surface area contributed by atoms with Crippen LogP contribution in [-0.2, 0) is 11.3 Å². The highest BCUT2D eigenvalue weighted by Gasteiger charge is 2.29. The highest BCUT2D eigenvalue weighted by Crippen LogP contribution is 2.25. The quantitative estimate of drug-likeness (QED) is 0.759. The molecule has 0 saturated carbocycles. The largest absolute Gasteiger partial charge is 0.367 e. The molecule has 3 heterocycles. The molecule has 1 aliphatic heterocycles. The number of nitrogens with zero attached hydrogens (tertiary/aromatic N) is 4. The van der Waals surface area contributed by atoms with Crippen LogP contribution in [0.4, 0.5) is 4.79 Å². The first-order valence-electron chi connectivity index (χ1n) is 9.37. The number of aromatic nitrogens is 3. The van der Waals surface area contributed by atoms with Crippen molar-refractivity contribution in [1.82, 2.24) is 25.0 Å². The summed E-state index contributed by atoms with van der Waals surface area (Å²) in [6.45, 7) is 3.53. The number of rotatable bonds is 4. The summed E-state index contributed by atoms with van der Waals surface area (Å²) in [5.41, 5.74) is 2.06. The van der Waals surface area contributed by atoms with E-state index in [4.69, 9.17) is 4.74 Å². The van der Waals surface area contributed by atoms with Crippen molar-refractivity contribution in [3.8, 4) is 5.82 Å². The van der Waals surface area contributed by atoms with Crippen LogP contribution in [0.5, 0.6) is 0 Å². The first-order valence-corrected chi connectivity index (χ1v) is 9.37. The Morgan fingerprint density at radius 3 is 2.82 bits per heavy atom. The van der Waals surface area contributed by atoms with E-state index in [-0.39, 0.29) is 18.2 Å². The smallest absolute Gasteiger partial charge is 0.317 e. The van der Waals surface area contributed by atoms with Gasteiger partial charge in [-0.15, -0.1) is 0 Å². The number of benzene rings is 1. The van der Waals surface area contributed by atoms with Gasteiger partial charge < -0.3 is 15.0 Å². The maximum absolute atomic E-state index is 12.7. The number of amides is 2. The van der Waals surface area contributed by atoms with E-state index in [1.807, 2.05) is 66.6 Å². The van der Waals surface area contributed by atoms with Crippen LogP contribution < -0.4 is 5.32 Å². The van der Waals surface area contributed by atoms with Gasteiger partial charge in [-0.2, -0.15) is 5.10 Å². The number of ether oxygens (including phenoxy) is 1. The maximum Gasteiger partial charge on any atom is 0.317 e. The van der Waals surface area contributed by atoms with Crippen LogP contribution in [-0.4, -0.2) is 44.9 Å². The first-order chi connectivity index (χ1) is 13.7. The molecule has 7 heteroatoms. The lowest BCUT2D eigenvalue weighted by Gasteiger charge is -2.37. The van der Waals surface area contributed by atoms with Gasteiger partial charge in [0.1, 0.15) is 6.10 Å². The molecule has 144 valence electrons. The van der Waals surface area contributed by atoms with E-state index in [0.29, 0.717) is 19.6 Å². The zero-order chi connectivity index (χ0) is 19.3. The van der Waals surface area contributed by atoms with Crippen molar-refractivity contribution >= 4 is 6.03 Å². The summed E-state index contributed by atoms with van der Waals surface area (Å²) in [6, 6.07) is 15.6. The van der Waals surface area contributed by atoms with Crippen LogP contribution in [0.25, 0.3) is 5.82 Å². The summed E-state index contributed by atoms with van der Waals surface area (Å²) >= 11 is 0. The third-order valence-electron chi connectivity index (χ3n) is 4.71. The number of carbonyl (C=O) groups is 1. The number of nitrogens with one attached hydrogen (secondary N) is 1. The van der Waals surface area contributed by atoms with Crippen LogP contribution in [0, 0.1) is 0 Å². The Labute approximate surface area is 164 Å². The van der Waals surface area contributed by atoms with Crippen molar-refractivity contribution in [2.45, 2.75) is 25.7 Å². The average molecular weight is 377 g/mol. The minimum absolute atomic E-state index is 0.0166. The van der Waals surface area contributed by atoms with E-state index in [1.54, 1.807) is 17.1 Å². The van der Waals surface area contributed by atoms with Crippen LogP contribution >= 0.6 is 0 Å². The molecular weight excluding hydrogens is 354 g/mol. The fraction of sp³-hybridized carbons (Fsp3) is 0.286. The van der Waals surface area contributed by atoms with E-state index < -0.39 is 0 Å². The molecular formula is C21H23N5O2. The van der Waals surface area contributed by atoms with Gasteiger partial charge in [0.25, 0.3) is 0 Å². The van der Waals surface area contributed by atoms with Gasteiger partial charge in [-0.3, -0.25) is 0 Å². The lowest BCUT2D eigenvalue weighted by atomic mass is 10.1. The Kier molecular flexibility index (Phi) is 5.34. The normalized spacial score (nSPS) is 19.4. The van der Waals surface area contributed by atoms with Gasteiger partial charge in [0, 0.05) is 31.7 Å². The second-order valence-corrected chi connectivity index (χ2v) is 6.88. The van der Waals surface area contributed by atoms with Crippen molar-refractivity contribution in [2.75, 3.05) is 13.1 Å². The molecule has 7 nitrogen and oxygen atoms in total. The zero-order valence-corrected chi connectivity index (χ0v) is 15.7. The maximum atomic E-state index is 12.7. The lowest BCUT2D eigenvalue weighted by Crippen LogP contribution is -2.49. The van der Waals surface area contributed by atoms with Gasteiger partial charge in [-0.05, 0) is 36.2 Å². The second kappa shape index (κ2) is 8.22. The molecule has 1 aliphatic rings. The van der Waals surface area contributed by atoms with Gasteiger partial charge in [-0.1, -0.05) is 30.3 Å². The Morgan fingerprint density at radius 2 is 2.04 bits per heavy atom. The SMILES string of the molecule is C[C@@H]1CN(C(=O)NCc2ccnc(-n3cccn3)c2)C[C@@H](c2ccccc2)O1. The molecule has 1 saturated heterocycles. The van der Waals surface area contributed by atoms with Crippen molar-refractivity contribution in [2.24, 2.45) is 0 Å². The Hall–Kier alpha value is -3.19. The van der Waals surface area contributed by atoms with Crippen molar-refractivity contribution < 1.29 is 9.53 Å². The Bertz CT molecular complexity index is 914. The number of morpholine rings is 1. The third-order valence-corrected chi connectivity index (χ3v) is 4.71. The molecule has 2 amide bonds. The summed E-state index contributed by atoms with van der Waals surface area (Å²) < 4.78 is 7.73. The van der Waals surface area contributed by atoms with Crippen molar-refractivity contribution in [1.29, 1.82) is 0 Å². The number of urea groups is 1. The standard InChI is InChI=1S/C21H23N5O2/c1-16-14-25(15-19(28-16)18-6-3-2-4-7-18)21(27)23-13-17-8-10-22-20(12-17)26-11-5-9-24-26/h2-12,16,19H,13-15H2,1H3,(H,23,27)/t16-,19+/m1/s1. The fourth-order valence-electron chi connectivity index (χ4n) is 3.36. The molecule has 1 fully saturated rings. The average Bonchev–Trinajstić information content (AvgIpc) is 3.27. The Balaban J connectivity index is 1.39. The molecule has 28 heavy (non-hydrogen) atoms. The highest BCUT2D eigenvalue weighted by atomic mass is 16.5. The predicted octanol–water partition coefficient (Wildman–Crippen LogP) is 2.94. The molecule has 1 N–H and O–H groups in total. The van der Waals surface area contributed by atoms with Gasteiger partial charge in [0.2, 0.25) is 0 Å². The summed E-state index contributed by atoms with van der Waals surface area (Å²) in [4.78, 5) is 18.9. The summed E-state index contributed by atoms with van der Waals surface area (Å²) in [5.74, 6) is 0.723. The molecule has 0 unspecified atom stereocenters. The van der Waals surface area contributed by atoms with Crippen LogP contribution in [0.2, 0.25) is 0 Å². The van der Waals surface area contributed by atoms with Gasteiger partial charge in [-0.25, -0.2) is 14.5 Å². The summed E-state index contributed by atoms with van der Waals surface area (Å²) in [6.07, 6.45) is 5.14. The highest BCUT2D eigenvalue weighted by molar-refractivity contribution is 5.74. The molecule has 4 rings (SSSR count). The van der Waals surface area contributed by atoms with Gasteiger partial charge in [0.05, 0.1) is 12.6 Å². The summed E-state index contributed by atoms with van der Waals surface area (Å²) in [5, 5.41) is 7.19. The van der Waals surface area contributed by atoms with Gasteiger partial charge in [0.15, 0.2) is 5.82 Å². The molecule has 0 radical (unpaired) electrons. The number of hydrogen-bond donors (Lipinski definition) is 1. The zero-order valence-electron chi connectivity index (χ0n) is 15.7. The first kappa shape index (κ1) is 18.2. The molecule has 2 atom stereocenters. The minimum atomic E-state index is -0.108. The van der Waals surface area contributed by atoms with Gasteiger partial charge >= 0.3 is 6.03 Å². The van der Waals surface area contributed by atoms with E-state index in [9.17, 15) is 4.79 Å². The molecule has 0 bridgehead atoms. The fourth-order valence-corrected chi connectivity index (χ4v) is 3.36. The van der Waals surface area contributed by atoms with Crippen LogP contribution in [0.15, 0.2) is 67.1 Å². The summed E-state index contributed by atoms with van der Waals surface area (Å²) in [7, 11) is 0. The Morgan fingerprint density at radius 1 is 1.18 bits per heavy atom. The molecule has 1 aromatic carbocycles. The van der Waals surface area contributed by atoms with E-state index >= 15 is 0 Å². The molecule has 0 spiro atoms. The van der Waals surface area contributed by atoms with E-state index in [1.165, 1.54) is 0 Å². The molecule has 0 aliphatic carbocycles. The number of hydrogen-bond acceptors (Lipinski definition) is 4. The lowest BCUT2D eigenvalue weighted by molar-refractivity contribution is -0.0657. The predicted molar refractivity (Wildman–Crippen MR) is 105 cm³/mol. The minimum Gasteiger partial charge on any atom is -0.367 e. The monoisotopic (exact) mass is 377 g/mol. The number of pyridine rings is 1. The topological polar surface area (TPSA) is 72.3 Å². The third kappa shape index (κ3) is 4.20. The second-order valence-electron chi connectivity index (χ2n) is 6.88. The van der Waals surface area contributed by atoms with Crippen LogP contribution in [0.3, 0.4) is 0 Å². The van der Waals surface area contributed by atoms with E-state index in [2.05, 4.69) is 15.4 Å². The van der Waals surface area contributed by atoms with Crippen LogP contribution in [0.1, 0.15) is 24.2 Å². The van der Waals surface area contributed by atoms with Crippen molar-refractivity contribution in [3.05, 3.63) is 78.2 Å². The molecule has 2 aromatic heterocycles. The molecule has 3 aromatic rings. The van der Waals surface area contributed by atoms with Crippen molar-refractivity contribution in [3.63, 3.8) is 0 Å².